The maximum Gasteiger partial charge on any atom is 0.0547 e. The van der Waals surface area contributed by atoms with Crippen LogP contribution < -0.4 is 4.90 Å². The molecule has 0 unspecified atom stereocenters. The normalized spacial score (nSPS) is 11.8. The lowest BCUT2D eigenvalue weighted by molar-refractivity contribution is 1.17. The van der Waals surface area contributed by atoms with E-state index in [-0.39, 0.29) is 0 Å². The van der Waals surface area contributed by atoms with Gasteiger partial charge in [-0.15, -0.1) is 0 Å². The van der Waals surface area contributed by atoms with Crippen LogP contribution in [0.4, 0.5) is 17.1 Å². The van der Waals surface area contributed by atoms with Gasteiger partial charge in [0.2, 0.25) is 0 Å². The van der Waals surface area contributed by atoms with Gasteiger partial charge in [0.15, 0.2) is 0 Å². The number of hydrogen-bond donors (Lipinski definition) is 0. The second-order valence-corrected chi connectivity index (χ2v) is 17.5. The van der Waals surface area contributed by atoms with Crippen LogP contribution in [0.15, 0.2) is 231 Å². The topological polar surface area (TPSA) is 18.0 Å². The van der Waals surface area contributed by atoms with E-state index in [0.29, 0.717) is 0 Å². The van der Waals surface area contributed by atoms with Crippen molar-refractivity contribution in [2.75, 3.05) is 4.90 Å². The van der Waals surface area contributed by atoms with Gasteiger partial charge in [-0.3, -0.25) is 0 Å². The van der Waals surface area contributed by atoms with Gasteiger partial charge < -0.3 is 18.6 Å². The third-order valence-corrected chi connectivity index (χ3v) is 13.6. The van der Waals surface area contributed by atoms with E-state index < -0.39 is 0 Å². The zero-order valence-electron chi connectivity index (χ0n) is 36.7. The first-order chi connectivity index (χ1) is 32.6. The van der Waals surface area contributed by atoms with Crippen molar-refractivity contribution < 1.29 is 0 Å². The molecule has 0 aliphatic carbocycles. The van der Waals surface area contributed by atoms with Crippen molar-refractivity contribution in [2.24, 2.45) is 0 Å². The molecule has 0 aliphatic rings. The number of anilines is 3. The summed E-state index contributed by atoms with van der Waals surface area (Å²) < 4.78 is 7.28. The van der Waals surface area contributed by atoms with Gasteiger partial charge in [-0.1, -0.05) is 132 Å². The summed E-state index contributed by atoms with van der Waals surface area (Å²) in [6.45, 7) is 4.28. The first kappa shape index (κ1) is 37.9. The maximum atomic E-state index is 2.46. The minimum Gasteiger partial charge on any atom is -0.311 e. The van der Waals surface area contributed by atoms with Crippen molar-refractivity contribution in [3.8, 4) is 28.2 Å². The molecule has 0 saturated carbocycles. The van der Waals surface area contributed by atoms with E-state index in [0.717, 1.165) is 34.1 Å². The minimum absolute atomic E-state index is 1.11. The molecule has 13 rings (SSSR count). The fourth-order valence-electron chi connectivity index (χ4n) is 10.6. The van der Waals surface area contributed by atoms with Gasteiger partial charge in [0.25, 0.3) is 0 Å². The lowest BCUT2D eigenvalue weighted by Gasteiger charge is -2.26. The molecule has 4 heteroatoms. The average molecular weight is 845 g/mol. The lowest BCUT2D eigenvalue weighted by atomic mass is 9.95. The molecule has 13 aromatic rings. The van der Waals surface area contributed by atoms with Crippen LogP contribution in [0.2, 0.25) is 0 Å². The van der Waals surface area contributed by atoms with Crippen LogP contribution >= 0.6 is 0 Å². The number of fused-ring (bicyclic) bond motifs is 9. The molecule has 0 saturated heterocycles. The predicted octanol–water partition coefficient (Wildman–Crippen LogP) is 16.7. The van der Waals surface area contributed by atoms with E-state index in [9.17, 15) is 0 Å². The number of rotatable bonds is 7. The van der Waals surface area contributed by atoms with Crippen LogP contribution in [0.25, 0.3) is 93.6 Å². The summed E-state index contributed by atoms with van der Waals surface area (Å²) in [4.78, 5) is 2.34. The summed E-state index contributed by atoms with van der Waals surface area (Å²) in [5.74, 6) is 0. The van der Waals surface area contributed by atoms with Gasteiger partial charge in [-0.25, -0.2) is 0 Å². The fourth-order valence-corrected chi connectivity index (χ4v) is 10.6. The highest BCUT2D eigenvalue weighted by molar-refractivity contribution is 6.22. The first-order valence-corrected chi connectivity index (χ1v) is 22.8. The van der Waals surface area contributed by atoms with E-state index in [1.807, 2.05) is 0 Å². The van der Waals surface area contributed by atoms with Gasteiger partial charge in [0, 0.05) is 66.4 Å². The van der Waals surface area contributed by atoms with E-state index in [1.54, 1.807) is 0 Å². The molecule has 0 atom stereocenters. The monoisotopic (exact) mass is 844 g/mol. The van der Waals surface area contributed by atoms with Crippen molar-refractivity contribution in [3.63, 3.8) is 0 Å². The molecule has 0 radical (unpaired) electrons. The predicted molar refractivity (Wildman–Crippen MR) is 279 cm³/mol. The number of benzene rings is 10. The highest BCUT2D eigenvalue weighted by Gasteiger charge is 2.22. The summed E-state index contributed by atoms with van der Waals surface area (Å²) in [5, 5.41) is 7.44. The number of nitrogens with zero attached hydrogens (tertiary/aromatic N) is 4. The van der Waals surface area contributed by atoms with Gasteiger partial charge in [-0.2, -0.15) is 0 Å². The molecule has 4 nitrogen and oxygen atoms in total. The second kappa shape index (κ2) is 15.0. The Bertz CT molecular complexity index is 3940. The highest BCUT2D eigenvalue weighted by Crippen LogP contribution is 2.45. The summed E-state index contributed by atoms with van der Waals surface area (Å²) in [5.41, 5.74) is 18.8. The Kier molecular flexibility index (Phi) is 8.62. The average Bonchev–Trinajstić information content (AvgIpc) is 4.01. The van der Waals surface area contributed by atoms with Gasteiger partial charge in [0.05, 0.1) is 33.1 Å². The molecular weight excluding hydrogens is 801 g/mol. The van der Waals surface area contributed by atoms with Gasteiger partial charge in [0.1, 0.15) is 0 Å². The maximum absolute atomic E-state index is 2.46. The number of aromatic nitrogens is 3. The van der Waals surface area contributed by atoms with Crippen LogP contribution in [0.3, 0.4) is 0 Å². The quantitative estimate of drug-likeness (QED) is 0.156. The molecule has 0 spiro atoms. The molecule has 66 heavy (non-hydrogen) atoms. The Morgan fingerprint density at radius 1 is 0.273 bits per heavy atom. The van der Waals surface area contributed by atoms with E-state index in [1.165, 1.54) is 87.7 Å². The van der Waals surface area contributed by atoms with Crippen molar-refractivity contribution in [2.45, 2.75) is 13.8 Å². The summed E-state index contributed by atoms with van der Waals surface area (Å²) >= 11 is 0. The van der Waals surface area contributed by atoms with Crippen LogP contribution in [-0.2, 0) is 0 Å². The van der Waals surface area contributed by atoms with Crippen LogP contribution in [0.1, 0.15) is 11.1 Å². The van der Waals surface area contributed by atoms with Crippen molar-refractivity contribution >= 4 is 82.5 Å². The highest BCUT2D eigenvalue weighted by atomic mass is 15.1. The molecule has 10 aromatic carbocycles. The minimum atomic E-state index is 1.11. The molecule has 0 fully saturated rings. The summed E-state index contributed by atoms with van der Waals surface area (Å²) in [6, 6.07) is 84.5. The molecule has 3 aromatic heterocycles. The number of hydrogen-bond acceptors (Lipinski definition) is 1. The van der Waals surface area contributed by atoms with Crippen LogP contribution in [0, 0.1) is 13.8 Å². The Labute approximate surface area is 383 Å². The lowest BCUT2D eigenvalue weighted by Crippen LogP contribution is -2.10. The smallest absolute Gasteiger partial charge is 0.0547 e. The summed E-state index contributed by atoms with van der Waals surface area (Å²) in [7, 11) is 0. The van der Waals surface area contributed by atoms with Gasteiger partial charge >= 0.3 is 0 Å². The van der Waals surface area contributed by atoms with E-state index in [4.69, 9.17) is 0 Å². The second-order valence-electron chi connectivity index (χ2n) is 17.5. The van der Waals surface area contributed by atoms with E-state index >= 15 is 0 Å². The Hall–Kier alpha value is -8.60. The van der Waals surface area contributed by atoms with Gasteiger partial charge in [-0.05, 0) is 134 Å². The largest absolute Gasteiger partial charge is 0.311 e. The Morgan fingerprint density at radius 2 is 0.652 bits per heavy atom. The first-order valence-electron chi connectivity index (χ1n) is 22.8. The molecule has 0 amide bonds. The van der Waals surface area contributed by atoms with Crippen LogP contribution in [-0.4, -0.2) is 13.7 Å². The van der Waals surface area contributed by atoms with Crippen molar-refractivity contribution in [3.05, 3.63) is 242 Å². The number of para-hydroxylation sites is 4. The number of aryl methyl sites for hydroxylation is 2. The molecule has 0 bridgehead atoms. The third kappa shape index (κ3) is 5.85. The van der Waals surface area contributed by atoms with E-state index in [2.05, 4.69) is 263 Å². The Balaban J connectivity index is 0.983. The SMILES string of the molecule is Cc1ccc(N(c2ccc(C)cc2)c2ccc(-n3c4ccccc4c4c(-c5cccc6c5c5ccccc5n6-c5ccc6c(c5)c5ccccc5n6-c5ccccc5)cccc43)cc2)cc1. The van der Waals surface area contributed by atoms with Crippen LogP contribution in [0.5, 0.6) is 0 Å². The zero-order chi connectivity index (χ0) is 43.9. The van der Waals surface area contributed by atoms with Crippen molar-refractivity contribution in [1.29, 1.82) is 0 Å². The molecule has 0 aliphatic heterocycles. The third-order valence-electron chi connectivity index (χ3n) is 13.6. The molecule has 3 heterocycles. The fraction of sp³-hybridized carbons (Fsp3) is 0.0323. The standard InChI is InChI=1S/C62H44N4/c1-41-26-30-44(31-27-41)63(45-32-28-42(2)29-33-45)46-34-36-47(37-35-46)65-56-22-10-7-17-52(56)61-50(19-12-24-59(61)65)51-20-13-25-60-62(51)53-18-8-11-23-57(53)66(60)48-38-39-58-54(40-48)49-16-6-9-21-55(49)64(58)43-14-4-3-5-15-43/h3-40H,1-2H3. The molecular formula is C62H44N4. The summed E-state index contributed by atoms with van der Waals surface area (Å²) in [6.07, 6.45) is 0. The zero-order valence-corrected chi connectivity index (χ0v) is 36.7. The van der Waals surface area contributed by atoms with Crippen molar-refractivity contribution in [1.82, 2.24) is 13.7 Å². The molecule has 0 N–H and O–H groups in total. The molecule has 312 valence electrons. The Morgan fingerprint density at radius 3 is 1.20 bits per heavy atom.